The highest BCUT2D eigenvalue weighted by atomic mass is 16.3. The van der Waals surface area contributed by atoms with Gasteiger partial charge in [-0.05, 0) is 24.1 Å². The van der Waals surface area contributed by atoms with E-state index in [1.165, 1.54) is 9.25 Å². The molecule has 0 saturated carbocycles. The third-order valence-corrected chi connectivity index (χ3v) is 4.42. The Bertz CT molecular complexity index is 961. The Hall–Kier alpha value is -3.02. The van der Waals surface area contributed by atoms with Gasteiger partial charge < -0.3 is 4.42 Å². The Morgan fingerprint density at radius 1 is 1.12 bits per heavy atom. The number of furan rings is 1. The van der Waals surface area contributed by atoms with Crippen molar-refractivity contribution in [1.82, 2.24) is 14.3 Å². The van der Waals surface area contributed by atoms with Crippen molar-refractivity contribution in [2.75, 3.05) is 0 Å². The molecule has 0 radical (unpaired) electrons. The van der Waals surface area contributed by atoms with Gasteiger partial charge in [-0.3, -0.25) is 0 Å². The van der Waals surface area contributed by atoms with Gasteiger partial charge in [-0.2, -0.15) is 0 Å². The summed E-state index contributed by atoms with van der Waals surface area (Å²) in [7, 11) is 0. The van der Waals surface area contributed by atoms with Crippen LogP contribution in [0.15, 0.2) is 74.9 Å². The summed E-state index contributed by atoms with van der Waals surface area (Å²) in [6.07, 6.45) is 6.32. The number of aromatic amines is 1. The highest BCUT2D eigenvalue weighted by Gasteiger charge is 2.30. The van der Waals surface area contributed by atoms with Crippen molar-refractivity contribution in [2.24, 2.45) is 0 Å². The summed E-state index contributed by atoms with van der Waals surface area (Å²) in [5, 5.41) is 2.70. The molecule has 2 atom stereocenters. The van der Waals surface area contributed by atoms with Gasteiger partial charge in [-0.1, -0.05) is 42.5 Å². The normalized spacial score (nSPS) is 19.8. The summed E-state index contributed by atoms with van der Waals surface area (Å²) in [4.78, 5) is 25.0. The van der Waals surface area contributed by atoms with E-state index < -0.39 is 5.69 Å². The summed E-state index contributed by atoms with van der Waals surface area (Å²) in [6.45, 7) is 0.258. The lowest BCUT2D eigenvalue weighted by molar-refractivity contribution is 0.376. The Morgan fingerprint density at radius 2 is 1.96 bits per heavy atom. The van der Waals surface area contributed by atoms with Crippen LogP contribution in [-0.2, 0) is 6.54 Å². The quantitative estimate of drug-likeness (QED) is 0.749. The molecule has 1 N–H and O–H groups in total. The number of allylic oxidation sites excluding steroid dienone is 2. The molecule has 4 rings (SSSR count). The van der Waals surface area contributed by atoms with Gasteiger partial charge in [0.25, 0.3) is 0 Å². The van der Waals surface area contributed by atoms with E-state index in [1.807, 2.05) is 54.6 Å². The molecule has 2 heterocycles. The zero-order chi connectivity index (χ0) is 16.5. The fourth-order valence-electron chi connectivity index (χ4n) is 3.23. The molecule has 1 aliphatic rings. The minimum Gasteiger partial charge on any atom is -0.469 e. The Kier molecular flexibility index (Phi) is 3.57. The lowest BCUT2D eigenvalue weighted by atomic mass is 10.0. The summed E-state index contributed by atoms with van der Waals surface area (Å²) in [5.41, 5.74) is 0.193. The monoisotopic (exact) mass is 323 g/mol. The molecule has 1 aromatic carbocycles. The lowest BCUT2D eigenvalue weighted by Crippen LogP contribution is -2.31. The molecule has 6 heteroatoms. The molecule has 6 nitrogen and oxygen atoms in total. The number of benzene rings is 1. The molecule has 24 heavy (non-hydrogen) atoms. The summed E-state index contributed by atoms with van der Waals surface area (Å²) in [6, 6.07) is 13.0. The van der Waals surface area contributed by atoms with Gasteiger partial charge in [-0.15, -0.1) is 0 Å². The maximum absolute atomic E-state index is 12.7. The number of hydrogen-bond acceptors (Lipinski definition) is 3. The molecule has 2 aromatic heterocycles. The average Bonchev–Trinajstić information content (AvgIpc) is 3.32. The van der Waals surface area contributed by atoms with Crippen LogP contribution >= 0.6 is 0 Å². The van der Waals surface area contributed by atoms with Crippen molar-refractivity contribution in [3.8, 4) is 0 Å². The topological polar surface area (TPSA) is 72.9 Å². The van der Waals surface area contributed by atoms with Gasteiger partial charge in [0.05, 0.1) is 24.8 Å². The van der Waals surface area contributed by atoms with Crippen molar-refractivity contribution >= 4 is 0 Å². The van der Waals surface area contributed by atoms with Crippen LogP contribution in [0.5, 0.6) is 0 Å². The van der Waals surface area contributed by atoms with Crippen molar-refractivity contribution in [2.45, 2.75) is 24.9 Å². The van der Waals surface area contributed by atoms with E-state index in [-0.39, 0.29) is 24.2 Å². The molecule has 1 aliphatic carbocycles. The zero-order valence-corrected chi connectivity index (χ0v) is 13.0. The first-order valence-corrected chi connectivity index (χ1v) is 7.89. The maximum Gasteiger partial charge on any atom is 0.347 e. The first-order valence-electron chi connectivity index (χ1n) is 7.89. The molecule has 0 saturated heterocycles. The van der Waals surface area contributed by atoms with Crippen molar-refractivity contribution in [1.29, 1.82) is 0 Å². The Labute approximate surface area is 137 Å². The third-order valence-electron chi connectivity index (χ3n) is 4.42. The molecule has 0 amide bonds. The van der Waals surface area contributed by atoms with Crippen LogP contribution in [0.2, 0.25) is 0 Å². The van der Waals surface area contributed by atoms with Gasteiger partial charge in [-0.25, -0.2) is 23.9 Å². The Balaban J connectivity index is 1.69. The molecule has 0 bridgehead atoms. The smallest absolute Gasteiger partial charge is 0.347 e. The van der Waals surface area contributed by atoms with Gasteiger partial charge >= 0.3 is 11.4 Å². The number of rotatable bonds is 4. The van der Waals surface area contributed by atoms with Crippen LogP contribution in [0.25, 0.3) is 0 Å². The Morgan fingerprint density at radius 3 is 2.71 bits per heavy atom. The second-order valence-electron chi connectivity index (χ2n) is 5.91. The lowest BCUT2D eigenvalue weighted by Gasteiger charge is -2.17. The maximum atomic E-state index is 12.7. The predicted molar refractivity (Wildman–Crippen MR) is 89.1 cm³/mol. The fraction of sp³-hybridized carbons (Fsp3) is 0.222. The number of nitrogens with one attached hydrogen (secondary N) is 1. The van der Waals surface area contributed by atoms with E-state index in [0.29, 0.717) is 6.42 Å². The summed E-state index contributed by atoms with van der Waals surface area (Å²) >= 11 is 0. The highest BCUT2D eigenvalue weighted by molar-refractivity contribution is 5.21. The van der Waals surface area contributed by atoms with E-state index in [4.69, 9.17) is 4.42 Å². The third kappa shape index (κ3) is 2.46. The van der Waals surface area contributed by atoms with Gasteiger partial charge in [0.2, 0.25) is 0 Å². The second kappa shape index (κ2) is 5.88. The predicted octanol–water partition coefficient (Wildman–Crippen LogP) is 2.26. The molecular weight excluding hydrogens is 306 g/mol. The zero-order valence-electron chi connectivity index (χ0n) is 13.0. The largest absolute Gasteiger partial charge is 0.469 e. The van der Waals surface area contributed by atoms with E-state index in [2.05, 4.69) is 5.10 Å². The van der Waals surface area contributed by atoms with Crippen LogP contribution in [0, 0.1) is 0 Å². The van der Waals surface area contributed by atoms with Crippen LogP contribution in [0.4, 0.5) is 0 Å². The second-order valence-corrected chi connectivity index (χ2v) is 5.91. The molecule has 0 spiro atoms. The van der Waals surface area contributed by atoms with E-state index >= 15 is 0 Å². The van der Waals surface area contributed by atoms with Gasteiger partial charge in [0.15, 0.2) is 0 Å². The van der Waals surface area contributed by atoms with Crippen LogP contribution in [0.1, 0.15) is 29.7 Å². The molecular formula is C18H17N3O3. The van der Waals surface area contributed by atoms with Crippen molar-refractivity contribution in [3.05, 3.63) is 93.2 Å². The van der Waals surface area contributed by atoms with Crippen molar-refractivity contribution < 1.29 is 4.42 Å². The molecule has 0 fully saturated rings. The standard InChI is InChI=1S/C18H17N3O3/c22-17-19-21(15-9-4-8-14(15)16-10-5-11-24-16)18(23)20(17)12-13-6-2-1-3-7-13/h1-8,10-11,14-15H,9,12H2,(H,19,22)/t14-,15-/m0/s1. The van der Waals surface area contributed by atoms with E-state index in [1.54, 1.807) is 6.26 Å². The molecule has 122 valence electrons. The summed E-state index contributed by atoms with van der Waals surface area (Å²) < 4.78 is 8.13. The molecule has 0 unspecified atom stereocenters. The molecule has 3 aromatic rings. The van der Waals surface area contributed by atoms with Crippen LogP contribution in [-0.4, -0.2) is 14.3 Å². The highest BCUT2D eigenvalue weighted by Crippen LogP contribution is 2.36. The first-order chi connectivity index (χ1) is 11.7. The van der Waals surface area contributed by atoms with Crippen LogP contribution < -0.4 is 11.4 Å². The van der Waals surface area contributed by atoms with Gasteiger partial charge in [0, 0.05) is 0 Å². The minimum atomic E-state index is -0.394. The van der Waals surface area contributed by atoms with Crippen molar-refractivity contribution in [3.63, 3.8) is 0 Å². The first kappa shape index (κ1) is 14.6. The number of hydrogen-bond donors (Lipinski definition) is 1. The van der Waals surface area contributed by atoms with Gasteiger partial charge in [0.1, 0.15) is 5.76 Å². The average molecular weight is 323 g/mol. The summed E-state index contributed by atoms with van der Waals surface area (Å²) in [5.74, 6) is 0.734. The van der Waals surface area contributed by atoms with Crippen LogP contribution in [0.3, 0.4) is 0 Å². The fourth-order valence-corrected chi connectivity index (χ4v) is 3.23. The molecule has 0 aliphatic heterocycles. The number of H-pyrrole nitrogens is 1. The number of aromatic nitrogens is 3. The van der Waals surface area contributed by atoms with E-state index in [0.717, 1.165) is 11.3 Å². The number of nitrogens with zero attached hydrogens (tertiary/aromatic N) is 2. The minimum absolute atomic E-state index is 0.0547. The SMILES string of the molecule is O=c1[nH]n([C@H]2CC=C[C@@H]2c2ccco2)c(=O)n1Cc1ccccc1. The van der Waals surface area contributed by atoms with E-state index in [9.17, 15) is 9.59 Å².